The van der Waals surface area contributed by atoms with E-state index in [1.54, 1.807) is 36.7 Å². The summed E-state index contributed by atoms with van der Waals surface area (Å²) in [5, 5.41) is 13.9. The second kappa shape index (κ2) is 6.45. The molecule has 0 saturated carbocycles. The maximum Gasteiger partial charge on any atom is 0.433 e. The van der Waals surface area contributed by atoms with E-state index in [0.717, 1.165) is 23.4 Å². The molecule has 4 rings (SSSR count). The number of hydrogen-bond donors (Lipinski definition) is 1. The van der Waals surface area contributed by atoms with Gasteiger partial charge in [0.25, 0.3) is 0 Å². The Morgan fingerprint density at radius 2 is 1.86 bits per heavy atom. The molecule has 0 unspecified atom stereocenters. The minimum Gasteiger partial charge on any atom is -0.476 e. The van der Waals surface area contributed by atoms with Crippen LogP contribution in [0.1, 0.15) is 16.2 Å². The van der Waals surface area contributed by atoms with Crippen molar-refractivity contribution in [3.8, 4) is 16.8 Å². The Hall–Kier alpha value is -3.75. The van der Waals surface area contributed by atoms with Crippen molar-refractivity contribution < 1.29 is 23.1 Å². The van der Waals surface area contributed by atoms with Gasteiger partial charge in [0.05, 0.1) is 17.4 Å². The molecule has 6 nitrogen and oxygen atoms in total. The summed E-state index contributed by atoms with van der Waals surface area (Å²) in [6, 6.07) is 10.7. The predicted molar refractivity (Wildman–Crippen MR) is 94.1 cm³/mol. The Bertz CT molecular complexity index is 1170. The Morgan fingerprint density at radius 3 is 2.46 bits per heavy atom. The second-order valence-corrected chi connectivity index (χ2v) is 5.94. The van der Waals surface area contributed by atoms with Gasteiger partial charge >= 0.3 is 12.1 Å². The third-order valence-electron chi connectivity index (χ3n) is 4.16. The second-order valence-electron chi connectivity index (χ2n) is 5.94. The lowest BCUT2D eigenvalue weighted by atomic mass is 10.0. The average Bonchev–Trinajstić information content (AvgIpc) is 3.07. The van der Waals surface area contributed by atoms with Crippen molar-refractivity contribution in [3.63, 3.8) is 0 Å². The number of halogens is 3. The molecule has 0 aliphatic carbocycles. The predicted octanol–water partition coefficient (Wildman–Crippen LogP) is 4.20. The zero-order valence-corrected chi connectivity index (χ0v) is 14.1. The van der Waals surface area contributed by atoms with Crippen molar-refractivity contribution in [1.29, 1.82) is 0 Å². The minimum atomic E-state index is -4.56. The van der Waals surface area contributed by atoms with E-state index in [9.17, 15) is 23.1 Å². The monoisotopic (exact) mass is 384 g/mol. The molecule has 0 aliphatic rings. The molecule has 0 aliphatic heterocycles. The highest BCUT2D eigenvalue weighted by Gasteiger charge is 2.32. The van der Waals surface area contributed by atoms with Crippen molar-refractivity contribution in [1.82, 2.24) is 19.7 Å². The van der Waals surface area contributed by atoms with Gasteiger partial charge in [-0.05, 0) is 35.9 Å². The van der Waals surface area contributed by atoms with Gasteiger partial charge in [-0.25, -0.2) is 14.5 Å². The fourth-order valence-electron chi connectivity index (χ4n) is 2.87. The van der Waals surface area contributed by atoms with Crippen molar-refractivity contribution in [2.24, 2.45) is 0 Å². The summed E-state index contributed by atoms with van der Waals surface area (Å²) in [6.45, 7) is 0. The summed E-state index contributed by atoms with van der Waals surface area (Å²) in [5.41, 5.74) is 0.953. The van der Waals surface area contributed by atoms with E-state index in [1.165, 1.54) is 10.7 Å². The first-order valence-corrected chi connectivity index (χ1v) is 8.05. The molecule has 140 valence electrons. The zero-order chi connectivity index (χ0) is 19.9. The number of aromatic carboxylic acids is 1. The standard InChI is InChI=1S/C19H11F3N4O2/c20-19(21,22)16-6-4-13(10-24-16)26-15-5-3-11(12-2-1-7-23-9-12)8-14(15)17(25-26)18(27)28/h1-10H,(H,27,28). The van der Waals surface area contributed by atoms with E-state index in [-0.39, 0.29) is 11.4 Å². The lowest BCUT2D eigenvalue weighted by molar-refractivity contribution is -0.141. The van der Waals surface area contributed by atoms with Crippen LogP contribution in [0.4, 0.5) is 13.2 Å². The topological polar surface area (TPSA) is 80.9 Å². The molecule has 9 heteroatoms. The van der Waals surface area contributed by atoms with E-state index >= 15 is 0 Å². The molecular weight excluding hydrogens is 373 g/mol. The number of carboxylic acids is 1. The third-order valence-corrected chi connectivity index (χ3v) is 4.16. The van der Waals surface area contributed by atoms with Crippen molar-refractivity contribution >= 4 is 16.9 Å². The Balaban J connectivity index is 1.87. The van der Waals surface area contributed by atoms with Crippen LogP contribution in [-0.4, -0.2) is 30.8 Å². The van der Waals surface area contributed by atoms with Gasteiger partial charge in [0.15, 0.2) is 5.69 Å². The van der Waals surface area contributed by atoms with Crippen LogP contribution in [0.5, 0.6) is 0 Å². The summed E-state index contributed by atoms with van der Waals surface area (Å²) in [4.78, 5) is 19.1. The molecule has 0 amide bonds. The van der Waals surface area contributed by atoms with Crippen molar-refractivity contribution in [2.45, 2.75) is 6.18 Å². The largest absolute Gasteiger partial charge is 0.476 e. The van der Waals surface area contributed by atoms with Gasteiger partial charge in [-0.15, -0.1) is 0 Å². The minimum absolute atomic E-state index is 0.208. The average molecular weight is 384 g/mol. The Morgan fingerprint density at radius 1 is 1.04 bits per heavy atom. The number of carboxylic acid groups (broad SMARTS) is 1. The first-order chi connectivity index (χ1) is 13.3. The van der Waals surface area contributed by atoms with Crippen LogP contribution in [0.25, 0.3) is 27.7 Å². The van der Waals surface area contributed by atoms with E-state index in [0.29, 0.717) is 10.9 Å². The smallest absolute Gasteiger partial charge is 0.433 e. The molecule has 0 atom stereocenters. The molecule has 0 radical (unpaired) electrons. The summed E-state index contributed by atoms with van der Waals surface area (Å²) in [5.74, 6) is -1.24. The number of aromatic nitrogens is 4. The first-order valence-electron chi connectivity index (χ1n) is 8.05. The molecule has 1 aromatic carbocycles. The molecule has 3 aromatic heterocycles. The van der Waals surface area contributed by atoms with Gasteiger partial charge in [-0.3, -0.25) is 4.98 Å². The third kappa shape index (κ3) is 3.07. The number of rotatable bonds is 3. The summed E-state index contributed by atoms with van der Waals surface area (Å²) < 4.78 is 39.4. The van der Waals surface area contributed by atoms with Gasteiger partial charge in [-0.2, -0.15) is 18.3 Å². The van der Waals surface area contributed by atoms with Crippen LogP contribution in [0.15, 0.2) is 61.1 Å². The molecule has 28 heavy (non-hydrogen) atoms. The molecule has 0 saturated heterocycles. The Kier molecular flexibility index (Phi) is 4.07. The number of fused-ring (bicyclic) bond motifs is 1. The number of nitrogens with zero attached hydrogens (tertiary/aromatic N) is 4. The number of pyridine rings is 2. The maximum absolute atomic E-state index is 12.7. The number of hydrogen-bond acceptors (Lipinski definition) is 4. The number of carbonyl (C=O) groups is 1. The molecule has 0 bridgehead atoms. The highest BCUT2D eigenvalue weighted by Crippen LogP contribution is 2.30. The van der Waals surface area contributed by atoms with Crippen LogP contribution in [0, 0.1) is 0 Å². The molecule has 3 heterocycles. The summed E-state index contributed by atoms with van der Waals surface area (Å²) in [6.07, 6.45) is -0.280. The number of benzene rings is 1. The quantitative estimate of drug-likeness (QED) is 0.573. The molecule has 4 aromatic rings. The zero-order valence-electron chi connectivity index (χ0n) is 14.1. The van der Waals surface area contributed by atoms with Crippen LogP contribution in [0.2, 0.25) is 0 Å². The van der Waals surface area contributed by atoms with Crippen LogP contribution in [0.3, 0.4) is 0 Å². The van der Waals surface area contributed by atoms with E-state index in [4.69, 9.17) is 0 Å². The highest BCUT2D eigenvalue weighted by atomic mass is 19.4. The van der Waals surface area contributed by atoms with Gasteiger partial charge in [0.2, 0.25) is 0 Å². The Labute approximate surface area is 155 Å². The molecular formula is C19H11F3N4O2. The molecule has 0 fully saturated rings. The SMILES string of the molecule is O=C(O)c1nn(-c2ccc(C(F)(F)F)nc2)c2ccc(-c3cccnc3)cc12. The molecule has 0 spiro atoms. The van der Waals surface area contributed by atoms with Gasteiger partial charge in [0.1, 0.15) is 5.69 Å². The van der Waals surface area contributed by atoms with E-state index < -0.39 is 17.8 Å². The lowest BCUT2D eigenvalue weighted by Crippen LogP contribution is -2.08. The van der Waals surface area contributed by atoms with Gasteiger partial charge in [-0.1, -0.05) is 12.1 Å². The summed E-state index contributed by atoms with van der Waals surface area (Å²) >= 11 is 0. The summed E-state index contributed by atoms with van der Waals surface area (Å²) in [7, 11) is 0. The normalized spacial score (nSPS) is 11.7. The number of alkyl halides is 3. The van der Waals surface area contributed by atoms with Crippen molar-refractivity contribution in [2.75, 3.05) is 0 Å². The fourth-order valence-corrected chi connectivity index (χ4v) is 2.87. The van der Waals surface area contributed by atoms with Crippen LogP contribution in [-0.2, 0) is 6.18 Å². The van der Waals surface area contributed by atoms with E-state index in [1.807, 2.05) is 6.07 Å². The molecule has 1 N–H and O–H groups in total. The van der Waals surface area contributed by atoms with E-state index in [2.05, 4.69) is 15.1 Å². The fraction of sp³-hybridized carbons (Fsp3) is 0.0526. The van der Waals surface area contributed by atoms with Gasteiger partial charge in [0, 0.05) is 23.3 Å². The van der Waals surface area contributed by atoms with Gasteiger partial charge < -0.3 is 5.11 Å². The van der Waals surface area contributed by atoms with Crippen molar-refractivity contribution in [3.05, 3.63) is 72.4 Å². The van der Waals surface area contributed by atoms with Crippen LogP contribution >= 0.6 is 0 Å². The maximum atomic E-state index is 12.7. The van der Waals surface area contributed by atoms with Crippen LogP contribution < -0.4 is 0 Å². The highest BCUT2D eigenvalue weighted by molar-refractivity contribution is 6.03. The first kappa shape index (κ1) is 17.7. The lowest BCUT2D eigenvalue weighted by Gasteiger charge is -2.07.